The van der Waals surface area contributed by atoms with E-state index in [-0.39, 0.29) is 18.0 Å². The van der Waals surface area contributed by atoms with Crippen molar-refractivity contribution in [3.05, 3.63) is 69.2 Å². The molecular formula is C15H12N4O2S. The number of amides is 1. The molecule has 1 amide bonds. The number of hydrogen-bond acceptors (Lipinski definition) is 5. The maximum atomic E-state index is 12.1. The van der Waals surface area contributed by atoms with Crippen LogP contribution in [-0.2, 0) is 6.54 Å². The van der Waals surface area contributed by atoms with E-state index in [1.807, 2.05) is 16.8 Å². The van der Waals surface area contributed by atoms with E-state index < -0.39 is 0 Å². The van der Waals surface area contributed by atoms with Gasteiger partial charge in [-0.15, -0.1) is 0 Å². The van der Waals surface area contributed by atoms with Crippen LogP contribution in [0, 0.1) is 0 Å². The van der Waals surface area contributed by atoms with Gasteiger partial charge in [-0.3, -0.25) is 19.6 Å². The van der Waals surface area contributed by atoms with Gasteiger partial charge >= 0.3 is 0 Å². The third kappa shape index (κ3) is 3.09. The molecule has 0 aliphatic carbocycles. The van der Waals surface area contributed by atoms with E-state index in [1.54, 1.807) is 29.8 Å². The second kappa shape index (κ2) is 6.31. The van der Waals surface area contributed by atoms with Crippen molar-refractivity contribution in [2.24, 2.45) is 0 Å². The lowest BCUT2D eigenvalue weighted by Gasteiger charge is -2.08. The number of pyridine rings is 1. The summed E-state index contributed by atoms with van der Waals surface area (Å²) in [5.74, 6) is -0.326. The van der Waals surface area contributed by atoms with Crippen molar-refractivity contribution in [1.82, 2.24) is 20.3 Å². The minimum Gasteiger partial charge on any atom is -0.346 e. The average molecular weight is 312 g/mol. The van der Waals surface area contributed by atoms with Crippen LogP contribution in [0.15, 0.2) is 52.3 Å². The summed E-state index contributed by atoms with van der Waals surface area (Å²) in [7, 11) is 0. The third-order valence-corrected chi connectivity index (χ3v) is 3.71. The number of aromatic amines is 1. The van der Waals surface area contributed by atoms with Gasteiger partial charge in [-0.2, -0.15) is 11.3 Å². The first-order chi connectivity index (χ1) is 10.7. The van der Waals surface area contributed by atoms with Crippen LogP contribution < -0.4 is 10.9 Å². The van der Waals surface area contributed by atoms with Crippen LogP contribution in [0.2, 0.25) is 0 Å². The molecule has 0 spiro atoms. The lowest BCUT2D eigenvalue weighted by atomic mass is 10.2. The molecule has 0 saturated heterocycles. The molecule has 0 aliphatic heterocycles. The molecule has 3 heterocycles. The number of carbonyl (C=O) groups is 1. The minimum absolute atomic E-state index is 0.241. The molecule has 0 unspecified atom stereocenters. The molecular weight excluding hydrogens is 300 g/mol. The Morgan fingerprint density at radius 1 is 1.27 bits per heavy atom. The fourth-order valence-corrected chi connectivity index (χ4v) is 2.63. The second-order valence-corrected chi connectivity index (χ2v) is 5.27. The minimum atomic E-state index is -0.326. The zero-order chi connectivity index (χ0) is 15.4. The van der Waals surface area contributed by atoms with Crippen LogP contribution in [0.25, 0.3) is 11.3 Å². The molecule has 110 valence electrons. The van der Waals surface area contributed by atoms with E-state index in [2.05, 4.69) is 20.3 Å². The number of hydrogen-bond donors (Lipinski definition) is 2. The molecule has 22 heavy (non-hydrogen) atoms. The van der Waals surface area contributed by atoms with Crippen molar-refractivity contribution < 1.29 is 4.79 Å². The summed E-state index contributed by atoms with van der Waals surface area (Å²) in [6.07, 6.45) is 4.65. The van der Waals surface area contributed by atoms with Crippen LogP contribution in [0.1, 0.15) is 16.1 Å². The molecule has 0 radical (unpaired) electrons. The largest absolute Gasteiger partial charge is 0.346 e. The first-order valence-electron chi connectivity index (χ1n) is 6.53. The molecule has 0 aromatic carbocycles. The van der Waals surface area contributed by atoms with Crippen molar-refractivity contribution in [1.29, 1.82) is 0 Å². The first kappa shape index (κ1) is 14.2. The highest BCUT2D eigenvalue weighted by molar-refractivity contribution is 7.08. The van der Waals surface area contributed by atoms with Gasteiger partial charge in [-0.25, -0.2) is 0 Å². The Bertz CT molecular complexity index is 843. The summed E-state index contributed by atoms with van der Waals surface area (Å²) in [5, 5.41) is 6.69. The maximum Gasteiger partial charge on any atom is 0.251 e. The molecule has 6 nitrogen and oxygen atoms in total. The van der Waals surface area contributed by atoms with E-state index in [9.17, 15) is 9.59 Å². The zero-order valence-corrected chi connectivity index (χ0v) is 12.3. The molecule has 3 aromatic rings. The summed E-state index contributed by atoms with van der Waals surface area (Å²) in [6, 6.07) is 4.76. The summed E-state index contributed by atoms with van der Waals surface area (Å²) >= 11 is 1.57. The van der Waals surface area contributed by atoms with E-state index in [0.29, 0.717) is 11.3 Å². The predicted octanol–water partition coefficient (Wildman–Crippen LogP) is 1.82. The van der Waals surface area contributed by atoms with Gasteiger partial charge < -0.3 is 10.3 Å². The van der Waals surface area contributed by atoms with Crippen molar-refractivity contribution in [2.45, 2.75) is 6.54 Å². The summed E-state index contributed by atoms with van der Waals surface area (Å²) in [4.78, 5) is 34.4. The molecule has 0 aliphatic rings. The Labute approximate surface area is 129 Å². The molecule has 7 heteroatoms. The summed E-state index contributed by atoms with van der Waals surface area (Å²) in [5.41, 5.74) is 2.39. The van der Waals surface area contributed by atoms with Gasteiger partial charge in [-0.05, 0) is 17.5 Å². The highest BCUT2D eigenvalue weighted by Crippen LogP contribution is 2.22. The normalized spacial score (nSPS) is 10.4. The topological polar surface area (TPSA) is 87.7 Å². The fourth-order valence-electron chi connectivity index (χ4n) is 1.99. The summed E-state index contributed by atoms with van der Waals surface area (Å²) in [6.45, 7) is 0.241. The van der Waals surface area contributed by atoms with Crippen molar-refractivity contribution in [2.75, 3.05) is 0 Å². The highest BCUT2D eigenvalue weighted by atomic mass is 32.1. The molecule has 0 saturated carbocycles. The number of nitrogens with one attached hydrogen (secondary N) is 2. The van der Waals surface area contributed by atoms with Crippen LogP contribution in [-0.4, -0.2) is 20.9 Å². The zero-order valence-electron chi connectivity index (χ0n) is 11.4. The Morgan fingerprint density at radius 3 is 2.91 bits per heavy atom. The van der Waals surface area contributed by atoms with E-state index in [0.717, 1.165) is 11.3 Å². The number of rotatable bonds is 4. The number of thiophene rings is 1. The fraction of sp³-hybridized carbons (Fsp3) is 0.0667. The molecule has 2 N–H and O–H groups in total. The number of nitrogens with zero attached hydrogens (tertiary/aromatic N) is 2. The SMILES string of the molecule is O=C(NCc1nccnc1-c1ccsc1)c1cc[nH]c(=O)c1. The lowest BCUT2D eigenvalue weighted by molar-refractivity contribution is 0.0950. The summed E-state index contributed by atoms with van der Waals surface area (Å²) < 4.78 is 0. The quantitative estimate of drug-likeness (QED) is 0.769. The molecule has 0 atom stereocenters. The Morgan fingerprint density at radius 2 is 2.14 bits per heavy atom. The monoisotopic (exact) mass is 312 g/mol. The first-order valence-corrected chi connectivity index (χ1v) is 7.48. The van der Waals surface area contributed by atoms with Gasteiger partial charge in [0.05, 0.1) is 17.9 Å². The highest BCUT2D eigenvalue weighted by Gasteiger charge is 2.11. The number of carbonyl (C=O) groups excluding carboxylic acids is 1. The molecule has 3 rings (SSSR count). The molecule has 3 aromatic heterocycles. The number of H-pyrrole nitrogens is 1. The predicted molar refractivity (Wildman–Crippen MR) is 83.6 cm³/mol. The van der Waals surface area contributed by atoms with Gasteiger partial charge in [-0.1, -0.05) is 0 Å². The Kier molecular flexibility index (Phi) is 4.06. The molecule has 0 bridgehead atoms. The van der Waals surface area contributed by atoms with E-state index in [4.69, 9.17) is 0 Å². The lowest BCUT2D eigenvalue weighted by Crippen LogP contribution is -2.25. The Hall–Kier alpha value is -2.80. The Balaban J connectivity index is 1.77. The molecule has 0 fully saturated rings. The maximum absolute atomic E-state index is 12.1. The van der Waals surface area contributed by atoms with Crippen molar-refractivity contribution >= 4 is 17.2 Å². The van der Waals surface area contributed by atoms with Crippen LogP contribution in [0.3, 0.4) is 0 Å². The van der Waals surface area contributed by atoms with Gasteiger partial charge in [0.15, 0.2) is 0 Å². The van der Waals surface area contributed by atoms with Crippen molar-refractivity contribution in [3.8, 4) is 11.3 Å². The van der Waals surface area contributed by atoms with E-state index >= 15 is 0 Å². The van der Waals surface area contributed by atoms with Crippen LogP contribution in [0.4, 0.5) is 0 Å². The van der Waals surface area contributed by atoms with Crippen LogP contribution >= 0.6 is 11.3 Å². The van der Waals surface area contributed by atoms with Gasteiger partial charge in [0.25, 0.3) is 5.91 Å². The smallest absolute Gasteiger partial charge is 0.251 e. The van der Waals surface area contributed by atoms with E-state index in [1.165, 1.54) is 12.3 Å². The van der Waals surface area contributed by atoms with Gasteiger partial charge in [0, 0.05) is 41.2 Å². The third-order valence-electron chi connectivity index (χ3n) is 3.02. The number of aromatic nitrogens is 3. The van der Waals surface area contributed by atoms with Crippen LogP contribution in [0.5, 0.6) is 0 Å². The second-order valence-electron chi connectivity index (χ2n) is 4.49. The van der Waals surface area contributed by atoms with Crippen molar-refractivity contribution in [3.63, 3.8) is 0 Å². The standard InChI is InChI=1S/C15H12N4O2S/c20-13-7-10(1-3-17-13)15(21)19-8-12-14(18-5-4-16-12)11-2-6-22-9-11/h1-7,9H,8H2,(H,17,20)(H,19,21). The average Bonchev–Trinajstić information content (AvgIpc) is 3.07. The van der Waals surface area contributed by atoms with Gasteiger partial charge in [0.2, 0.25) is 5.56 Å². The van der Waals surface area contributed by atoms with Gasteiger partial charge in [0.1, 0.15) is 0 Å².